The number of benzene rings is 1. The highest BCUT2D eigenvalue weighted by Gasteiger charge is 2.33. The fourth-order valence-electron chi connectivity index (χ4n) is 2.62. The first-order chi connectivity index (χ1) is 10.5. The van der Waals surface area contributed by atoms with Gasteiger partial charge >= 0.3 is 0 Å². The Morgan fingerprint density at radius 3 is 3.00 bits per heavy atom. The van der Waals surface area contributed by atoms with Crippen LogP contribution in [0.1, 0.15) is 25.8 Å². The molecule has 1 aromatic rings. The van der Waals surface area contributed by atoms with Crippen LogP contribution < -0.4 is 4.74 Å². The molecule has 2 heterocycles. The number of nitrogens with zero attached hydrogens (tertiary/aromatic N) is 2. The van der Waals surface area contributed by atoms with Crippen molar-refractivity contribution in [3.05, 3.63) is 28.8 Å². The van der Waals surface area contributed by atoms with Gasteiger partial charge in [0.2, 0.25) is 6.10 Å². The van der Waals surface area contributed by atoms with Gasteiger partial charge in [0.15, 0.2) is 0 Å². The molecular formula is C16H19ClN2O3. The minimum atomic E-state index is -0.516. The Kier molecular flexibility index (Phi) is 4.25. The third-order valence-electron chi connectivity index (χ3n) is 3.95. The van der Waals surface area contributed by atoms with Gasteiger partial charge in [-0.25, -0.2) is 0 Å². The molecule has 3 rings (SSSR count). The van der Waals surface area contributed by atoms with Gasteiger partial charge in [-0.15, -0.1) is 0 Å². The fourth-order valence-corrected chi connectivity index (χ4v) is 2.82. The van der Waals surface area contributed by atoms with Gasteiger partial charge in [-0.1, -0.05) is 30.6 Å². The number of carbonyl (C=O) groups excluding carboxylic acids is 1. The fraction of sp³-hybridized carbons (Fsp3) is 0.500. The Hall–Kier alpha value is -1.75. The van der Waals surface area contributed by atoms with Crippen LogP contribution in [0, 0.1) is 5.92 Å². The van der Waals surface area contributed by atoms with E-state index in [0.717, 1.165) is 17.0 Å². The SMILES string of the molecule is CC(C)C1=NO[C@@H](C(=O)N2CCOc3ccc(Cl)cc3C2)C1. The van der Waals surface area contributed by atoms with E-state index in [1.54, 1.807) is 11.0 Å². The molecule has 22 heavy (non-hydrogen) atoms. The molecule has 0 unspecified atom stereocenters. The maximum Gasteiger partial charge on any atom is 0.267 e. The highest BCUT2D eigenvalue weighted by molar-refractivity contribution is 6.30. The molecule has 118 valence electrons. The van der Waals surface area contributed by atoms with Crippen molar-refractivity contribution < 1.29 is 14.4 Å². The Labute approximate surface area is 134 Å². The standard InChI is InChI=1S/C16H19ClN2O3/c1-10(2)13-8-15(22-18-13)16(20)19-5-6-21-14-4-3-12(17)7-11(14)9-19/h3-4,7,10,15H,5-6,8-9H2,1-2H3/t15-/m1/s1. The van der Waals surface area contributed by atoms with E-state index in [-0.39, 0.29) is 5.91 Å². The first-order valence-corrected chi connectivity index (χ1v) is 7.85. The number of rotatable bonds is 2. The monoisotopic (exact) mass is 322 g/mol. The second kappa shape index (κ2) is 6.16. The summed E-state index contributed by atoms with van der Waals surface area (Å²) >= 11 is 6.04. The van der Waals surface area contributed by atoms with E-state index < -0.39 is 6.10 Å². The number of fused-ring (bicyclic) bond motifs is 1. The third kappa shape index (κ3) is 3.04. The van der Waals surface area contributed by atoms with E-state index in [2.05, 4.69) is 5.16 Å². The maximum atomic E-state index is 12.7. The maximum absolute atomic E-state index is 12.7. The zero-order chi connectivity index (χ0) is 15.7. The number of amides is 1. The van der Waals surface area contributed by atoms with Crippen molar-refractivity contribution in [2.45, 2.75) is 32.9 Å². The van der Waals surface area contributed by atoms with Crippen molar-refractivity contribution >= 4 is 23.2 Å². The van der Waals surface area contributed by atoms with Gasteiger partial charge in [-0.05, 0) is 24.1 Å². The van der Waals surface area contributed by atoms with Crippen LogP contribution in [0.4, 0.5) is 0 Å². The summed E-state index contributed by atoms with van der Waals surface area (Å²) in [5.74, 6) is 1.03. The van der Waals surface area contributed by atoms with Gasteiger partial charge in [-0.3, -0.25) is 4.79 Å². The molecule has 5 nitrogen and oxygen atoms in total. The predicted octanol–water partition coefficient (Wildman–Crippen LogP) is 2.86. The second-order valence-electron chi connectivity index (χ2n) is 5.90. The third-order valence-corrected chi connectivity index (χ3v) is 4.18. The van der Waals surface area contributed by atoms with Crippen LogP contribution in [0.5, 0.6) is 5.75 Å². The molecule has 0 aromatic heterocycles. The van der Waals surface area contributed by atoms with Crippen LogP contribution in [0.2, 0.25) is 5.02 Å². The lowest BCUT2D eigenvalue weighted by molar-refractivity contribution is -0.142. The average molecular weight is 323 g/mol. The molecule has 6 heteroatoms. The molecule has 0 N–H and O–H groups in total. The second-order valence-corrected chi connectivity index (χ2v) is 6.33. The molecule has 1 atom stereocenters. The lowest BCUT2D eigenvalue weighted by atomic mass is 10.0. The van der Waals surface area contributed by atoms with Crippen molar-refractivity contribution in [3.63, 3.8) is 0 Å². The van der Waals surface area contributed by atoms with Gasteiger partial charge in [0.05, 0.1) is 12.3 Å². The smallest absolute Gasteiger partial charge is 0.267 e. The van der Waals surface area contributed by atoms with Crippen molar-refractivity contribution in [1.29, 1.82) is 0 Å². The number of oxime groups is 1. The number of hydrogen-bond acceptors (Lipinski definition) is 4. The number of ether oxygens (including phenoxy) is 1. The quantitative estimate of drug-likeness (QED) is 0.841. The largest absolute Gasteiger partial charge is 0.491 e. The van der Waals surface area contributed by atoms with Gasteiger partial charge < -0.3 is 14.5 Å². The highest BCUT2D eigenvalue weighted by atomic mass is 35.5. The number of halogens is 1. The van der Waals surface area contributed by atoms with E-state index in [4.69, 9.17) is 21.2 Å². The normalized spacial score (nSPS) is 20.8. The minimum Gasteiger partial charge on any atom is -0.491 e. The van der Waals surface area contributed by atoms with Gasteiger partial charge in [-0.2, -0.15) is 0 Å². The Morgan fingerprint density at radius 1 is 1.45 bits per heavy atom. The van der Waals surface area contributed by atoms with E-state index >= 15 is 0 Å². The first kappa shape index (κ1) is 15.2. The summed E-state index contributed by atoms with van der Waals surface area (Å²) in [5.41, 5.74) is 1.86. The van der Waals surface area contributed by atoms with Crippen LogP contribution >= 0.6 is 11.6 Å². The van der Waals surface area contributed by atoms with E-state index in [1.807, 2.05) is 26.0 Å². The van der Waals surface area contributed by atoms with Crippen LogP contribution in [0.3, 0.4) is 0 Å². The lowest BCUT2D eigenvalue weighted by Crippen LogP contribution is -2.40. The molecule has 0 saturated carbocycles. The van der Waals surface area contributed by atoms with Gasteiger partial charge in [0.25, 0.3) is 5.91 Å². The number of carbonyl (C=O) groups is 1. The molecule has 2 aliphatic heterocycles. The Morgan fingerprint density at radius 2 is 2.27 bits per heavy atom. The van der Waals surface area contributed by atoms with Crippen molar-refractivity contribution in [2.75, 3.05) is 13.2 Å². The molecule has 0 radical (unpaired) electrons. The average Bonchev–Trinajstić information content (AvgIpc) is 2.88. The van der Waals surface area contributed by atoms with Crippen molar-refractivity contribution in [3.8, 4) is 5.75 Å². The summed E-state index contributed by atoms with van der Waals surface area (Å²) < 4.78 is 5.68. The van der Waals surface area contributed by atoms with Crippen LogP contribution in [-0.4, -0.2) is 35.8 Å². The summed E-state index contributed by atoms with van der Waals surface area (Å²) in [4.78, 5) is 19.7. The van der Waals surface area contributed by atoms with E-state index in [0.29, 0.717) is 37.1 Å². The Bertz CT molecular complexity index is 615. The zero-order valence-electron chi connectivity index (χ0n) is 12.7. The molecule has 2 aliphatic rings. The molecule has 0 spiro atoms. The molecule has 0 bridgehead atoms. The lowest BCUT2D eigenvalue weighted by Gasteiger charge is -2.22. The highest BCUT2D eigenvalue weighted by Crippen LogP contribution is 2.27. The molecule has 1 aromatic carbocycles. The molecular weight excluding hydrogens is 304 g/mol. The predicted molar refractivity (Wildman–Crippen MR) is 84.1 cm³/mol. The molecule has 1 amide bonds. The molecule has 0 aliphatic carbocycles. The van der Waals surface area contributed by atoms with Crippen molar-refractivity contribution in [2.24, 2.45) is 11.1 Å². The minimum absolute atomic E-state index is 0.0455. The topological polar surface area (TPSA) is 51.1 Å². The summed E-state index contributed by atoms with van der Waals surface area (Å²) in [6, 6.07) is 5.48. The van der Waals surface area contributed by atoms with E-state index in [9.17, 15) is 4.79 Å². The summed E-state index contributed by atoms with van der Waals surface area (Å²) in [5, 5.41) is 4.67. The van der Waals surface area contributed by atoms with E-state index in [1.165, 1.54) is 0 Å². The summed E-state index contributed by atoms with van der Waals surface area (Å²) in [6.07, 6.45) is 0.0501. The summed E-state index contributed by atoms with van der Waals surface area (Å²) in [6.45, 7) is 5.57. The van der Waals surface area contributed by atoms with Crippen LogP contribution in [-0.2, 0) is 16.2 Å². The van der Waals surface area contributed by atoms with Gasteiger partial charge in [0, 0.05) is 23.6 Å². The summed E-state index contributed by atoms with van der Waals surface area (Å²) in [7, 11) is 0. The van der Waals surface area contributed by atoms with Gasteiger partial charge in [0.1, 0.15) is 12.4 Å². The molecule has 0 saturated heterocycles. The zero-order valence-corrected chi connectivity index (χ0v) is 13.5. The Balaban J connectivity index is 1.72. The first-order valence-electron chi connectivity index (χ1n) is 7.47. The molecule has 0 fully saturated rings. The van der Waals surface area contributed by atoms with Crippen molar-refractivity contribution in [1.82, 2.24) is 4.90 Å². The van der Waals surface area contributed by atoms with Crippen LogP contribution in [0.25, 0.3) is 0 Å². The number of hydrogen-bond donors (Lipinski definition) is 0. The van der Waals surface area contributed by atoms with Crippen LogP contribution in [0.15, 0.2) is 23.4 Å².